The summed E-state index contributed by atoms with van der Waals surface area (Å²) < 4.78 is 17.8. The number of benzene rings is 1. The van der Waals surface area contributed by atoms with Crippen molar-refractivity contribution in [3.63, 3.8) is 0 Å². The number of esters is 1. The Balaban J connectivity index is 3.28. The Kier molecular flexibility index (Phi) is 2.66. The highest BCUT2D eigenvalue weighted by Gasteiger charge is 2.14. The first-order valence-electron chi connectivity index (χ1n) is 3.91. The average molecular weight is 182 g/mol. The van der Waals surface area contributed by atoms with Crippen LogP contribution in [0.2, 0.25) is 0 Å². The van der Waals surface area contributed by atoms with Gasteiger partial charge in [-0.3, -0.25) is 0 Å². The lowest BCUT2D eigenvalue weighted by Crippen LogP contribution is -2.06. The van der Waals surface area contributed by atoms with Gasteiger partial charge in [0.1, 0.15) is 5.82 Å². The van der Waals surface area contributed by atoms with Gasteiger partial charge in [0, 0.05) is 0 Å². The Morgan fingerprint density at radius 2 is 2.00 bits per heavy atom. The molecular weight excluding hydrogens is 171 g/mol. The molecule has 0 fully saturated rings. The van der Waals surface area contributed by atoms with E-state index in [1.807, 2.05) is 0 Å². The number of hydrogen-bond acceptors (Lipinski definition) is 2. The number of rotatable bonds is 1. The first kappa shape index (κ1) is 9.71. The minimum atomic E-state index is -0.635. The lowest BCUT2D eigenvalue weighted by molar-refractivity contribution is 0.0595. The van der Waals surface area contributed by atoms with E-state index in [0.717, 1.165) is 5.56 Å². The molecule has 0 aliphatic rings. The molecule has 0 heterocycles. The van der Waals surface area contributed by atoms with Crippen LogP contribution < -0.4 is 0 Å². The van der Waals surface area contributed by atoms with Crippen molar-refractivity contribution < 1.29 is 13.9 Å². The molecule has 0 radical (unpaired) electrons. The summed E-state index contributed by atoms with van der Waals surface area (Å²) in [6.45, 7) is 3.42. The van der Waals surface area contributed by atoms with E-state index in [9.17, 15) is 9.18 Å². The molecule has 3 heteroatoms. The van der Waals surface area contributed by atoms with Crippen molar-refractivity contribution in [3.8, 4) is 0 Å². The Morgan fingerprint density at radius 3 is 2.54 bits per heavy atom. The molecule has 0 aromatic heterocycles. The summed E-state index contributed by atoms with van der Waals surface area (Å²) >= 11 is 0. The van der Waals surface area contributed by atoms with E-state index in [-0.39, 0.29) is 5.56 Å². The molecule has 0 aliphatic heterocycles. The zero-order valence-electron chi connectivity index (χ0n) is 7.85. The SMILES string of the molecule is COC(=O)c1cc(C)cc(C)c1F. The van der Waals surface area contributed by atoms with Crippen LogP contribution >= 0.6 is 0 Å². The molecule has 0 spiro atoms. The summed E-state index contributed by atoms with van der Waals surface area (Å²) in [6.07, 6.45) is 0. The zero-order chi connectivity index (χ0) is 10.0. The molecule has 0 bridgehead atoms. The maximum Gasteiger partial charge on any atom is 0.340 e. The fourth-order valence-corrected chi connectivity index (χ4v) is 1.21. The molecule has 0 amide bonds. The van der Waals surface area contributed by atoms with Crippen LogP contribution in [0.4, 0.5) is 4.39 Å². The minimum Gasteiger partial charge on any atom is -0.465 e. The molecule has 1 aromatic carbocycles. The van der Waals surface area contributed by atoms with Gasteiger partial charge in [-0.15, -0.1) is 0 Å². The molecule has 0 aliphatic carbocycles. The van der Waals surface area contributed by atoms with Crippen LogP contribution in [0.1, 0.15) is 21.5 Å². The Bertz CT molecular complexity index is 345. The molecule has 1 rings (SSSR count). The van der Waals surface area contributed by atoms with E-state index in [1.54, 1.807) is 19.9 Å². The van der Waals surface area contributed by atoms with Gasteiger partial charge < -0.3 is 4.74 Å². The molecule has 0 N–H and O–H groups in total. The lowest BCUT2D eigenvalue weighted by atomic mass is 10.1. The molecule has 2 nitrogen and oxygen atoms in total. The predicted octanol–water partition coefficient (Wildman–Crippen LogP) is 2.23. The molecule has 70 valence electrons. The van der Waals surface area contributed by atoms with Gasteiger partial charge in [0.05, 0.1) is 12.7 Å². The monoisotopic (exact) mass is 182 g/mol. The Morgan fingerprint density at radius 1 is 1.38 bits per heavy atom. The van der Waals surface area contributed by atoms with Crippen LogP contribution in [-0.4, -0.2) is 13.1 Å². The molecule has 0 atom stereocenters. The summed E-state index contributed by atoms with van der Waals surface area (Å²) in [5.74, 6) is -1.14. The summed E-state index contributed by atoms with van der Waals surface area (Å²) in [6, 6.07) is 3.16. The van der Waals surface area contributed by atoms with E-state index >= 15 is 0 Å². The normalized spacial score (nSPS) is 9.85. The molecule has 0 unspecified atom stereocenters. The summed E-state index contributed by atoms with van der Waals surface area (Å²) in [5.41, 5.74) is 1.31. The van der Waals surface area contributed by atoms with Crippen molar-refractivity contribution in [1.29, 1.82) is 0 Å². The molecule has 0 saturated heterocycles. The number of aryl methyl sites for hydroxylation is 2. The molecule has 0 saturated carbocycles. The van der Waals surface area contributed by atoms with E-state index in [2.05, 4.69) is 4.74 Å². The molecule has 1 aromatic rings. The first-order chi connectivity index (χ1) is 6.06. The smallest absolute Gasteiger partial charge is 0.340 e. The quantitative estimate of drug-likeness (QED) is 0.622. The van der Waals surface area contributed by atoms with Gasteiger partial charge in [0.25, 0.3) is 0 Å². The number of hydrogen-bond donors (Lipinski definition) is 0. The van der Waals surface area contributed by atoms with E-state index < -0.39 is 11.8 Å². The van der Waals surface area contributed by atoms with Gasteiger partial charge in [-0.05, 0) is 31.0 Å². The van der Waals surface area contributed by atoms with E-state index in [1.165, 1.54) is 13.2 Å². The highest BCUT2D eigenvalue weighted by Crippen LogP contribution is 2.15. The van der Waals surface area contributed by atoms with Gasteiger partial charge in [-0.25, -0.2) is 9.18 Å². The van der Waals surface area contributed by atoms with Crippen molar-refractivity contribution in [2.75, 3.05) is 7.11 Å². The van der Waals surface area contributed by atoms with Gasteiger partial charge in [-0.2, -0.15) is 0 Å². The van der Waals surface area contributed by atoms with Crippen molar-refractivity contribution in [1.82, 2.24) is 0 Å². The second-order valence-electron chi connectivity index (χ2n) is 2.93. The largest absolute Gasteiger partial charge is 0.465 e. The number of methoxy groups -OCH3 is 1. The number of halogens is 1. The van der Waals surface area contributed by atoms with Crippen LogP contribution in [0.5, 0.6) is 0 Å². The van der Waals surface area contributed by atoms with Crippen LogP contribution in [0, 0.1) is 19.7 Å². The highest BCUT2D eigenvalue weighted by molar-refractivity contribution is 5.90. The van der Waals surface area contributed by atoms with Crippen molar-refractivity contribution in [2.24, 2.45) is 0 Å². The summed E-state index contributed by atoms with van der Waals surface area (Å²) in [5, 5.41) is 0. The van der Waals surface area contributed by atoms with Gasteiger partial charge in [-0.1, -0.05) is 6.07 Å². The Hall–Kier alpha value is -1.38. The Labute approximate surface area is 76.3 Å². The van der Waals surface area contributed by atoms with Gasteiger partial charge in [0.15, 0.2) is 0 Å². The third kappa shape index (κ3) is 1.86. The predicted molar refractivity (Wildman–Crippen MR) is 47.2 cm³/mol. The maximum atomic E-state index is 13.3. The second-order valence-corrected chi connectivity index (χ2v) is 2.93. The second kappa shape index (κ2) is 3.56. The molecular formula is C10H11FO2. The van der Waals surface area contributed by atoms with Crippen molar-refractivity contribution in [3.05, 3.63) is 34.6 Å². The fraction of sp³-hybridized carbons (Fsp3) is 0.300. The third-order valence-electron chi connectivity index (χ3n) is 1.80. The maximum absolute atomic E-state index is 13.3. The van der Waals surface area contributed by atoms with Crippen LogP contribution in [0.25, 0.3) is 0 Å². The van der Waals surface area contributed by atoms with Crippen LogP contribution in [-0.2, 0) is 4.74 Å². The number of carbonyl (C=O) groups is 1. The van der Waals surface area contributed by atoms with Crippen LogP contribution in [0.3, 0.4) is 0 Å². The topological polar surface area (TPSA) is 26.3 Å². The van der Waals surface area contributed by atoms with Crippen LogP contribution in [0.15, 0.2) is 12.1 Å². The summed E-state index contributed by atoms with van der Waals surface area (Å²) in [4.78, 5) is 11.1. The average Bonchev–Trinajstić information content (AvgIpc) is 2.10. The first-order valence-corrected chi connectivity index (χ1v) is 3.91. The molecule has 13 heavy (non-hydrogen) atoms. The highest BCUT2D eigenvalue weighted by atomic mass is 19.1. The zero-order valence-corrected chi connectivity index (χ0v) is 7.85. The van der Waals surface area contributed by atoms with Gasteiger partial charge >= 0.3 is 5.97 Å². The summed E-state index contributed by atoms with van der Waals surface area (Å²) in [7, 11) is 1.24. The minimum absolute atomic E-state index is 0.000000000000000222. The van der Waals surface area contributed by atoms with Gasteiger partial charge in [0.2, 0.25) is 0 Å². The van der Waals surface area contributed by atoms with E-state index in [0.29, 0.717) is 5.56 Å². The van der Waals surface area contributed by atoms with Crippen molar-refractivity contribution in [2.45, 2.75) is 13.8 Å². The number of ether oxygens (including phenoxy) is 1. The number of carbonyl (C=O) groups excluding carboxylic acids is 1. The third-order valence-corrected chi connectivity index (χ3v) is 1.80. The van der Waals surface area contributed by atoms with E-state index in [4.69, 9.17) is 0 Å². The fourth-order valence-electron chi connectivity index (χ4n) is 1.21. The standard InChI is InChI=1S/C10H11FO2/c1-6-4-7(2)9(11)8(5-6)10(12)13-3/h4-5H,1-3H3. The lowest BCUT2D eigenvalue weighted by Gasteiger charge is -2.04. The van der Waals surface area contributed by atoms with Crippen molar-refractivity contribution >= 4 is 5.97 Å².